The summed E-state index contributed by atoms with van der Waals surface area (Å²) in [4.78, 5) is 45.9. The summed E-state index contributed by atoms with van der Waals surface area (Å²) in [6.45, 7) is 8.12. The number of sulfone groups is 2. The van der Waals surface area contributed by atoms with Gasteiger partial charge in [-0.25, -0.2) is 21.2 Å². The van der Waals surface area contributed by atoms with Crippen LogP contribution in [0.4, 0.5) is 4.39 Å². The number of aryl methyl sites for hydroxylation is 1. The van der Waals surface area contributed by atoms with Gasteiger partial charge in [-0.1, -0.05) is 54.1 Å². The standard InChI is InChI=1S/C22H25NO2S.C21H22FNO4S.C21H23NO4S/c1-15-2-8-20(9-3-15)26-21-10-17-12-23(13-18(17)11-21)14-22(25)16-4-6-19(24)7-5-16;22-19-10-14(6-7-20(19)24)21(25)13-23-11-15-8-18(9-16(15)12-23)28(26,27)17-4-2-1-3-5-17;23-18-8-6-15(7-9-18)21(24)14-22-12-16-10-20(11-17(16)13-22)27(25,26)19-4-2-1-3-5-19/h2-9,17-18,21,24H,10-14H2,1H3;1-7,10,15-16,18,24H,8-9,11-13H2;1-9,16-17,20,23H,10-14H2/t17-,18+,21?;15-,16+,18?;16-,17+,20?. The third-order valence-electron chi connectivity index (χ3n) is 17.4. The highest BCUT2D eigenvalue weighted by molar-refractivity contribution is 8.00. The minimum atomic E-state index is -3.32. The second kappa shape index (κ2) is 25.1. The molecule has 3 saturated carbocycles. The van der Waals surface area contributed by atoms with Crippen molar-refractivity contribution in [3.05, 3.63) is 180 Å². The van der Waals surface area contributed by atoms with E-state index < -0.39 is 31.2 Å². The quantitative estimate of drug-likeness (QED) is 0.0824. The van der Waals surface area contributed by atoms with Gasteiger partial charge in [0.05, 0.1) is 39.9 Å². The number of fused-ring (bicyclic) bond motifs is 3. The zero-order valence-corrected chi connectivity index (χ0v) is 47.8. The van der Waals surface area contributed by atoms with Gasteiger partial charge in [0, 0.05) is 66.1 Å². The molecule has 6 aromatic carbocycles. The number of hydrogen-bond donors (Lipinski definition) is 3. The fraction of sp³-hybridized carbons (Fsp3) is 0.391. The number of likely N-dealkylation sites (tertiary alicyclic amines) is 3. The summed E-state index contributed by atoms with van der Waals surface area (Å²) >= 11 is 2.02. The number of thioether (sulfide) groups is 1. The van der Waals surface area contributed by atoms with Crippen LogP contribution < -0.4 is 0 Å². The molecule has 0 bridgehead atoms. The molecular weight excluding hydrogens is 1090 g/mol. The van der Waals surface area contributed by atoms with Crippen LogP contribution in [-0.2, 0) is 19.7 Å². The van der Waals surface area contributed by atoms with E-state index >= 15 is 0 Å². The average Bonchev–Trinajstić information content (AvgIpc) is 4.34. The van der Waals surface area contributed by atoms with Gasteiger partial charge in [-0.3, -0.25) is 29.1 Å². The van der Waals surface area contributed by atoms with Crippen molar-refractivity contribution in [3.8, 4) is 17.2 Å². The summed E-state index contributed by atoms with van der Waals surface area (Å²) in [6.07, 6.45) is 5.08. The molecule has 17 heteroatoms. The number of phenols is 3. The second-order valence-electron chi connectivity index (χ2n) is 23.1. The number of rotatable bonds is 15. The van der Waals surface area contributed by atoms with Gasteiger partial charge in [-0.15, -0.1) is 11.8 Å². The molecule has 0 radical (unpaired) electrons. The molecule has 426 valence electrons. The molecular formula is C64H70FN3O10S3. The number of hydrogen-bond acceptors (Lipinski definition) is 14. The zero-order chi connectivity index (χ0) is 57.0. The first-order valence-electron chi connectivity index (χ1n) is 28.0. The maximum absolute atomic E-state index is 13.5. The van der Waals surface area contributed by atoms with Gasteiger partial charge in [0.25, 0.3) is 0 Å². The number of benzene rings is 6. The lowest BCUT2D eigenvalue weighted by Gasteiger charge is -2.18. The molecule has 3 aliphatic carbocycles. The van der Waals surface area contributed by atoms with Crippen LogP contribution in [0.25, 0.3) is 0 Å². The fourth-order valence-corrected chi connectivity index (χ4v) is 18.5. The predicted molar refractivity (Wildman–Crippen MR) is 311 cm³/mol. The molecule has 9 atom stereocenters. The summed E-state index contributed by atoms with van der Waals surface area (Å²) in [6, 6.07) is 42.7. The molecule has 12 rings (SSSR count). The van der Waals surface area contributed by atoms with E-state index in [0.717, 1.165) is 44.1 Å². The minimum Gasteiger partial charge on any atom is -0.508 e. The second-order valence-corrected chi connectivity index (χ2v) is 28.9. The Morgan fingerprint density at radius 2 is 0.815 bits per heavy atom. The number of nitrogens with zero attached hydrogens (tertiary/aromatic N) is 3. The van der Waals surface area contributed by atoms with Gasteiger partial charge >= 0.3 is 0 Å². The van der Waals surface area contributed by atoms with Crippen molar-refractivity contribution >= 4 is 48.8 Å². The van der Waals surface area contributed by atoms with Crippen LogP contribution in [0.5, 0.6) is 17.2 Å². The number of ketones is 3. The molecule has 3 aliphatic heterocycles. The lowest BCUT2D eigenvalue weighted by atomic mass is 10.0. The van der Waals surface area contributed by atoms with Crippen LogP contribution in [0.1, 0.15) is 75.2 Å². The lowest BCUT2D eigenvalue weighted by molar-refractivity contribution is 0.0932. The van der Waals surface area contributed by atoms with Crippen LogP contribution in [-0.4, -0.2) is 139 Å². The average molecular weight is 1160 g/mol. The Bertz CT molecular complexity index is 3370. The highest BCUT2D eigenvalue weighted by Gasteiger charge is 2.48. The lowest BCUT2D eigenvalue weighted by Crippen LogP contribution is -2.30. The van der Waals surface area contributed by atoms with E-state index in [1.54, 1.807) is 91.0 Å². The Morgan fingerprint density at radius 3 is 1.19 bits per heavy atom. The van der Waals surface area contributed by atoms with Crippen LogP contribution in [0.15, 0.2) is 166 Å². The highest BCUT2D eigenvalue weighted by Crippen LogP contribution is 2.46. The first-order valence-corrected chi connectivity index (χ1v) is 32.0. The molecule has 0 amide bonds. The van der Waals surface area contributed by atoms with Crippen LogP contribution in [0, 0.1) is 48.2 Å². The van der Waals surface area contributed by atoms with E-state index in [9.17, 15) is 50.9 Å². The van der Waals surface area contributed by atoms with Crippen LogP contribution in [0.2, 0.25) is 0 Å². The number of carbonyl (C=O) groups excluding carboxylic acids is 3. The largest absolute Gasteiger partial charge is 0.508 e. The molecule has 6 aliphatic rings. The number of phenolic OH excluding ortho intramolecular Hbond substituents is 3. The van der Waals surface area contributed by atoms with E-state index in [2.05, 4.69) is 41.0 Å². The molecule has 0 aromatic heterocycles. The van der Waals surface area contributed by atoms with Crippen molar-refractivity contribution in [2.75, 3.05) is 58.9 Å². The van der Waals surface area contributed by atoms with Gasteiger partial charge in [0.2, 0.25) is 0 Å². The van der Waals surface area contributed by atoms with Gasteiger partial charge in [0.1, 0.15) is 11.5 Å². The Morgan fingerprint density at radius 1 is 0.469 bits per heavy atom. The summed E-state index contributed by atoms with van der Waals surface area (Å²) in [5.41, 5.74) is 2.82. The zero-order valence-electron chi connectivity index (χ0n) is 45.4. The highest BCUT2D eigenvalue weighted by atomic mass is 32.2. The van der Waals surface area contributed by atoms with Gasteiger partial charge < -0.3 is 15.3 Å². The molecule has 3 saturated heterocycles. The van der Waals surface area contributed by atoms with Gasteiger partial charge in [-0.2, -0.15) is 0 Å². The van der Waals surface area contributed by atoms with Crippen LogP contribution >= 0.6 is 11.8 Å². The Hall–Kier alpha value is -6.21. The van der Waals surface area contributed by atoms with E-state index in [1.807, 2.05) is 22.7 Å². The third kappa shape index (κ3) is 14.0. The van der Waals surface area contributed by atoms with Crippen molar-refractivity contribution < 1.29 is 50.9 Å². The van der Waals surface area contributed by atoms with Crippen molar-refractivity contribution in [3.63, 3.8) is 0 Å². The molecule has 13 nitrogen and oxygen atoms in total. The number of Topliss-reactive ketones (excluding diaryl/α,β-unsaturated/α-hetero) is 3. The maximum Gasteiger partial charge on any atom is 0.181 e. The number of halogens is 1. The Balaban J connectivity index is 0.000000136. The first kappa shape index (κ1) is 58.0. The van der Waals surface area contributed by atoms with Crippen molar-refractivity contribution in [1.82, 2.24) is 14.7 Å². The Labute approximate surface area is 479 Å². The number of carbonyl (C=O) groups is 3. The van der Waals surface area contributed by atoms with E-state index in [1.165, 1.54) is 47.6 Å². The van der Waals surface area contributed by atoms with Crippen LogP contribution in [0.3, 0.4) is 0 Å². The maximum atomic E-state index is 13.5. The van der Waals surface area contributed by atoms with Gasteiger partial charge in [-0.05, 0) is 184 Å². The molecule has 3 N–H and O–H groups in total. The molecule has 0 spiro atoms. The molecule has 6 aromatic rings. The summed E-state index contributed by atoms with van der Waals surface area (Å²) < 4.78 is 64.9. The summed E-state index contributed by atoms with van der Waals surface area (Å²) in [7, 11) is -6.60. The van der Waals surface area contributed by atoms with Crippen molar-refractivity contribution in [2.45, 2.75) is 75.9 Å². The van der Waals surface area contributed by atoms with Crippen molar-refractivity contribution in [2.24, 2.45) is 35.5 Å². The minimum absolute atomic E-state index is 0.0310. The van der Waals surface area contributed by atoms with E-state index in [4.69, 9.17) is 0 Å². The van der Waals surface area contributed by atoms with E-state index in [0.29, 0.717) is 89.9 Å². The SMILES string of the molecule is Cc1ccc(SC2C[C@@H]3CN(CC(=O)c4ccc(O)cc4)C[C@@H]3C2)cc1.O=C(CN1C[C@H]2CC(S(=O)(=O)c3ccccc3)C[C@H]2C1)c1ccc(O)c(F)c1.O=C(CN1C[C@H]2CC(S(=O)(=O)c3ccccc3)C[C@H]2C1)c1ccc(O)cc1. The third-order valence-corrected chi connectivity index (χ3v) is 23.1. The summed E-state index contributed by atoms with van der Waals surface area (Å²) in [5, 5.41) is 28.0. The van der Waals surface area contributed by atoms with Crippen molar-refractivity contribution in [1.29, 1.82) is 0 Å². The Kier molecular flexibility index (Phi) is 18.0. The smallest absolute Gasteiger partial charge is 0.181 e. The molecule has 81 heavy (non-hydrogen) atoms. The predicted octanol–water partition coefficient (Wildman–Crippen LogP) is 10.0. The molecule has 3 unspecified atom stereocenters. The molecule has 6 fully saturated rings. The van der Waals surface area contributed by atoms with E-state index in [-0.39, 0.29) is 63.3 Å². The molecule has 3 heterocycles. The van der Waals surface area contributed by atoms with Gasteiger partial charge in [0.15, 0.2) is 48.6 Å². The number of aromatic hydroxyl groups is 3. The monoisotopic (exact) mass is 1160 g/mol. The first-order chi connectivity index (χ1) is 38.8. The topological polar surface area (TPSA) is 190 Å². The fourth-order valence-electron chi connectivity index (χ4n) is 13.3. The summed E-state index contributed by atoms with van der Waals surface area (Å²) in [5.74, 6) is 1.68. The normalized spacial score (nSPS) is 25.2.